The Morgan fingerprint density at radius 3 is 2.71 bits per heavy atom. The molecule has 0 aliphatic carbocycles. The van der Waals surface area contributed by atoms with Crippen LogP contribution in [0, 0.1) is 5.82 Å². The lowest BCUT2D eigenvalue weighted by Gasteiger charge is -2.32. The molecule has 164 valence electrons. The Labute approximate surface area is 189 Å². The highest BCUT2D eigenvalue weighted by molar-refractivity contribution is 7.93. The van der Waals surface area contributed by atoms with Gasteiger partial charge in [0, 0.05) is 31.2 Å². The largest absolute Gasteiger partial charge is 0.489 e. The lowest BCUT2D eigenvalue weighted by molar-refractivity contribution is 0.0968. The Morgan fingerprint density at radius 1 is 1.23 bits per heavy atom. The molecule has 0 saturated carbocycles. The van der Waals surface area contributed by atoms with Crippen LogP contribution in [0.3, 0.4) is 0 Å². The topological polar surface area (TPSA) is 71.5 Å². The van der Waals surface area contributed by atoms with E-state index in [1.54, 1.807) is 23.6 Å². The molecule has 4 rings (SSSR count). The van der Waals surface area contributed by atoms with E-state index < -0.39 is 10.0 Å². The fraction of sp³-hybridized carbons (Fsp3) is 0.286. The van der Waals surface area contributed by atoms with Crippen LogP contribution in [0.25, 0.3) is 0 Å². The minimum Gasteiger partial charge on any atom is -0.489 e. The quantitative estimate of drug-likeness (QED) is 0.525. The first-order valence-electron chi connectivity index (χ1n) is 9.74. The van der Waals surface area contributed by atoms with Crippen LogP contribution in [0.4, 0.5) is 9.52 Å². The zero-order valence-corrected chi connectivity index (χ0v) is 18.9. The molecule has 0 bridgehead atoms. The molecular formula is C21H21ClFN3O3S2. The number of piperidine rings is 1. The summed E-state index contributed by atoms with van der Waals surface area (Å²) in [6.45, 7) is 2.34. The van der Waals surface area contributed by atoms with Crippen LogP contribution in [-0.2, 0) is 16.6 Å². The van der Waals surface area contributed by atoms with E-state index in [4.69, 9.17) is 16.3 Å². The van der Waals surface area contributed by atoms with E-state index in [0.29, 0.717) is 17.4 Å². The highest BCUT2D eigenvalue weighted by Gasteiger charge is 2.23. The lowest BCUT2D eigenvalue weighted by Crippen LogP contribution is -2.37. The van der Waals surface area contributed by atoms with Crippen LogP contribution in [0.2, 0.25) is 5.02 Å². The summed E-state index contributed by atoms with van der Waals surface area (Å²) < 4.78 is 46.8. The van der Waals surface area contributed by atoms with Crippen LogP contribution in [0.15, 0.2) is 58.9 Å². The monoisotopic (exact) mass is 481 g/mol. The van der Waals surface area contributed by atoms with Gasteiger partial charge in [-0.2, -0.15) is 0 Å². The Balaban J connectivity index is 1.34. The van der Waals surface area contributed by atoms with E-state index in [2.05, 4.69) is 14.6 Å². The molecular weight excluding hydrogens is 461 g/mol. The van der Waals surface area contributed by atoms with Crippen molar-refractivity contribution in [1.82, 2.24) is 9.88 Å². The highest BCUT2D eigenvalue weighted by Crippen LogP contribution is 2.31. The van der Waals surface area contributed by atoms with Gasteiger partial charge in [-0.25, -0.2) is 17.8 Å². The van der Waals surface area contributed by atoms with E-state index in [1.165, 1.54) is 35.7 Å². The molecule has 1 saturated heterocycles. The molecule has 3 aromatic rings. The molecule has 2 aromatic carbocycles. The molecule has 1 aliphatic heterocycles. The standard InChI is InChI=1S/C21H21ClFN3O3S2/c22-19-13-18(31(27,28)25-21-24-8-11-30-21)4-5-20(19)29-17-6-9-26(10-7-17)14-15-2-1-3-16(23)12-15/h1-5,8,11-13,17H,6-7,9-10,14H2,(H,24,25). The predicted octanol–water partition coefficient (Wildman–Crippen LogP) is 4.78. The van der Waals surface area contributed by atoms with Crippen molar-refractivity contribution >= 4 is 38.1 Å². The molecule has 1 aromatic heterocycles. The second-order valence-corrected chi connectivity index (χ2v) is 10.2. The second-order valence-electron chi connectivity index (χ2n) is 7.26. The number of ether oxygens (including phenoxy) is 1. The summed E-state index contributed by atoms with van der Waals surface area (Å²) in [7, 11) is -3.77. The molecule has 2 heterocycles. The fourth-order valence-corrected chi connectivity index (χ4v) is 5.55. The molecule has 31 heavy (non-hydrogen) atoms. The van der Waals surface area contributed by atoms with Crippen molar-refractivity contribution in [3.05, 3.63) is 70.4 Å². The minimum atomic E-state index is -3.77. The van der Waals surface area contributed by atoms with E-state index >= 15 is 0 Å². The van der Waals surface area contributed by atoms with Crippen molar-refractivity contribution in [3.63, 3.8) is 0 Å². The zero-order valence-electron chi connectivity index (χ0n) is 16.5. The number of thiazole rings is 1. The van der Waals surface area contributed by atoms with Gasteiger partial charge in [0.2, 0.25) is 0 Å². The maximum absolute atomic E-state index is 13.4. The first kappa shape index (κ1) is 22.0. The van der Waals surface area contributed by atoms with Crippen molar-refractivity contribution in [3.8, 4) is 5.75 Å². The van der Waals surface area contributed by atoms with Gasteiger partial charge in [-0.05, 0) is 48.7 Å². The smallest absolute Gasteiger partial charge is 0.263 e. The maximum atomic E-state index is 13.4. The summed E-state index contributed by atoms with van der Waals surface area (Å²) in [6.07, 6.45) is 3.11. The van der Waals surface area contributed by atoms with Crippen LogP contribution in [0.5, 0.6) is 5.75 Å². The molecule has 0 spiro atoms. The number of rotatable bonds is 7. The Bertz CT molecular complexity index is 1130. The van der Waals surface area contributed by atoms with Gasteiger partial charge in [0.1, 0.15) is 17.7 Å². The lowest BCUT2D eigenvalue weighted by atomic mass is 10.1. The summed E-state index contributed by atoms with van der Waals surface area (Å²) in [6, 6.07) is 11.1. The van der Waals surface area contributed by atoms with Crippen LogP contribution in [0.1, 0.15) is 18.4 Å². The normalized spacial score (nSPS) is 15.7. The Kier molecular flexibility index (Phi) is 6.76. The summed E-state index contributed by atoms with van der Waals surface area (Å²) >= 11 is 7.51. The number of sulfonamides is 1. The van der Waals surface area contributed by atoms with Crippen molar-refractivity contribution in [1.29, 1.82) is 0 Å². The average molecular weight is 482 g/mol. The van der Waals surface area contributed by atoms with E-state index in [9.17, 15) is 12.8 Å². The van der Waals surface area contributed by atoms with Gasteiger partial charge in [-0.1, -0.05) is 23.7 Å². The molecule has 6 nitrogen and oxygen atoms in total. The third-order valence-electron chi connectivity index (χ3n) is 4.99. The minimum absolute atomic E-state index is 0.0165. The number of halogens is 2. The number of nitrogens with zero attached hydrogens (tertiary/aromatic N) is 2. The Hall–Kier alpha value is -2.20. The molecule has 10 heteroatoms. The maximum Gasteiger partial charge on any atom is 0.263 e. The van der Waals surface area contributed by atoms with Gasteiger partial charge < -0.3 is 4.74 Å². The van der Waals surface area contributed by atoms with Crippen LogP contribution >= 0.6 is 22.9 Å². The third kappa shape index (κ3) is 5.74. The van der Waals surface area contributed by atoms with Crippen LogP contribution < -0.4 is 9.46 Å². The molecule has 0 unspecified atom stereocenters. The molecule has 0 radical (unpaired) electrons. The molecule has 0 atom stereocenters. The first-order valence-corrected chi connectivity index (χ1v) is 12.5. The van der Waals surface area contributed by atoms with Crippen molar-refractivity contribution < 1.29 is 17.5 Å². The SMILES string of the molecule is O=S(=O)(Nc1nccs1)c1ccc(OC2CCN(Cc3cccc(F)c3)CC2)c(Cl)c1. The van der Waals surface area contributed by atoms with E-state index in [-0.39, 0.29) is 21.8 Å². The number of hydrogen-bond acceptors (Lipinski definition) is 6. The zero-order chi connectivity index (χ0) is 21.8. The average Bonchev–Trinajstić information content (AvgIpc) is 3.23. The van der Waals surface area contributed by atoms with Gasteiger partial charge in [0.15, 0.2) is 5.13 Å². The fourth-order valence-electron chi connectivity index (χ4n) is 3.45. The molecule has 1 N–H and O–H groups in total. The van der Waals surface area contributed by atoms with Gasteiger partial charge in [0.05, 0.1) is 9.92 Å². The summed E-state index contributed by atoms with van der Waals surface area (Å²) in [5, 5.41) is 2.22. The van der Waals surface area contributed by atoms with Gasteiger partial charge in [0.25, 0.3) is 10.0 Å². The number of aromatic nitrogens is 1. The molecule has 0 amide bonds. The van der Waals surface area contributed by atoms with Crippen molar-refractivity contribution in [2.75, 3.05) is 17.8 Å². The van der Waals surface area contributed by atoms with Gasteiger partial charge in [-0.15, -0.1) is 11.3 Å². The summed E-state index contributed by atoms with van der Waals surface area (Å²) in [5.41, 5.74) is 0.950. The third-order valence-corrected chi connectivity index (χ3v) is 7.44. The Morgan fingerprint density at radius 2 is 2.03 bits per heavy atom. The van der Waals surface area contributed by atoms with E-state index in [1.807, 2.05) is 6.07 Å². The molecule has 1 fully saturated rings. The number of likely N-dealkylation sites (tertiary alicyclic amines) is 1. The van der Waals surface area contributed by atoms with Gasteiger partial charge >= 0.3 is 0 Å². The van der Waals surface area contributed by atoms with Gasteiger partial charge in [-0.3, -0.25) is 9.62 Å². The highest BCUT2D eigenvalue weighted by atomic mass is 35.5. The van der Waals surface area contributed by atoms with Crippen molar-refractivity contribution in [2.45, 2.75) is 30.4 Å². The summed E-state index contributed by atoms with van der Waals surface area (Å²) in [4.78, 5) is 6.24. The predicted molar refractivity (Wildman–Crippen MR) is 120 cm³/mol. The molecule has 1 aliphatic rings. The number of anilines is 1. The van der Waals surface area contributed by atoms with Crippen molar-refractivity contribution in [2.24, 2.45) is 0 Å². The van der Waals surface area contributed by atoms with E-state index in [0.717, 1.165) is 31.5 Å². The number of nitrogens with one attached hydrogen (secondary N) is 1. The number of benzene rings is 2. The number of hydrogen-bond donors (Lipinski definition) is 1. The second kappa shape index (κ2) is 9.52. The summed E-state index contributed by atoms with van der Waals surface area (Å²) in [5.74, 6) is 0.233. The van der Waals surface area contributed by atoms with Crippen LogP contribution in [-0.4, -0.2) is 37.5 Å². The first-order chi connectivity index (χ1) is 14.9.